The largest absolute Gasteiger partial charge is 0.379 e. The predicted molar refractivity (Wildman–Crippen MR) is 101 cm³/mol. The van der Waals surface area contributed by atoms with Crippen LogP contribution in [-0.4, -0.2) is 64.5 Å². The van der Waals surface area contributed by atoms with E-state index in [1.54, 1.807) is 12.4 Å². The second-order valence-corrected chi connectivity index (χ2v) is 6.05. The number of ether oxygens (including phenoxy) is 1. The topological polar surface area (TPSA) is 88.1 Å². The van der Waals surface area contributed by atoms with Crippen LogP contribution >= 0.6 is 0 Å². The average Bonchev–Trinajstić information content (AvgIpc) is 2.70. The average molecular weight is 351 g/mol. The number of aromatic nitrogens is 4. The summed E-state index contributed by atoms with van der Waals surface area (Å²) >= 11 is 0. The first-order valence-electron chi connectivity index (χ1n) is 8.73. The van der Waals surface area contributed by atoms with Crippen molar-refractivity contribution in [1.82, 2.24) is 25.1 Å². The number of fused-ring (bicyclic) bond motifs is 1. The van der Waals surface area contributed by atoms with E-state index in [0.29, 0.717) is 11.8 Å². The molecule has 4 rings (SSSR count). The lowest BCUT2D eigenvalue weighted by Gasteiger charge is -2.26. The van der Waals surface area contributed by atoms with Crippen molar-refractivity contribution in [3.8, 4) is 0 Å². The van der Waals surface area contributed by atoms with Crippen LogP contribution in [0, 0.1) is 0 Å². The summed E-state index contributed by atoms with van der Waals surface area (Å²) < 4.78 is 5.36. The number of nitrogens with one attached hydrogen (secondary N) is 2. The van der Waals surface area contributed by atoms with Crippen LogP contribution in [0.5, 0.6) is 0 Å². The molecular weight excluding hydrogens is 330 g/mol. The highest BCUT2D eigenvalue weighted by Gasteiger charge is 2.10. The van der Waals surface area contributed by atoms with Crippen molar-refractivity contribution in [2.24, 2.45) is 0 Å². The van der Waals surface area contributed by atoms with Gasteiger partial charge in [-0.15, -0.1) is 5.10 Å². The Morgan fingerprint density at radius 3 is 2.92 bits per heavy atom. The van der Waals surface area contributed by atoms with Gasteiger partial charge in [0.2, 0.25) is 5.95 Å². The number of hydrogen-bond acceptors (Lipinski definition) is 8. The van der Waals surface area contributed by atoms with E-state index in [2.05, 4.69) is 35.7 Å². The third-order valence-electron chi connectivity index (χ3n) is 4.28. The third-order valence-corrected chi connectivity index (χ3v) is 4.28. The second-order valence-electron chi connectivity index (χ2n) is 6.05. The van der Waals surface area contributed by atoms with E-state index >= 15 is 0 Å². The number of hydrogen-bond donors (Lipinski definition) is 2. The van der Waals surface area contributed by atoms with Crippen LogP contribution < -0.4 is 10.6 Å². The summed E-state index contributed by atoms with van der Waals surface area (Å²) in [5, 5.41) is 15.7. The van der Waals surface area contributed by atoms with E-state index < -0.39 is 0 Å². The SMILES string of the molecule is c1cnc2c(Nc3nncc(NCCN4CCOCC4)n3)cccc2c1. The number of nitrogens with zero attached hydrogens (tertiary/aromatic N) is 5. The summed E-state index contributed by atoms with van der Waals surface area (Å²) in [6.45, 7) is 5.32. The monoisotopic (exact) mass is 351 g/mol. The van der Waals surface area contributed by atoms with Gasteiger partial charge in [0.25, 0.3) is 0 Å². The third kappa shape index (κ3) is 4.04. The first-order valence-corrected chi connectivity index (χ1v) is 8.73. The molecule has 0 bridgehead atoms. The molecule has 2 aromatic heterocycles. The van der Waals surface area contributed by atoms with Gasteiger partial charge in [0.1, 0.15) is 0 Å². The Morgan fingerprint density at radius 2 is 2.00 bits per heavy atom. The molecule has 8 heteroatoms. The summed E-state index contributed by atoms with van der Waals surface area (Å²) in [5.41, 5.74) is 1.74. The standard InChI is InChI=1S/C18H21N7O/c1-3-14-4-2-6-20-17(14)15(5-1)22-18-23-16(13-21-24-18)19-7-8-25-9-11-26-12-10-25/h1-6,13H,7-12H2,(H2,19,22,23,24). The van der Waals surface area contributed by atoms with Crippen molar-refractivity contribution >= 4 is 28.4 Å². The molecule has 1 aliphatic rings. The molecule has 0 unspecified atom stereocenters. The van der Waals surface area contributed by atoms with Crippen molar-refractivity contribution < 1.29 is 4.74 Å². The van der Waals surface area contributed by atoms with E-state index in [-0.39, 0.29) is 0 Å². The minimum absolute atomic E-state index is 0.444. The van der Waals surface area contributed by atoms with Gasteiger partial charge in [-0.1, -0.05) is 18.2 Å². The zero-order valence-corrected chi connectivity index (χ0v) is 14.4. The second kappa shape index (κ2) is 8.03. The van der Waals surface area contributed by atoms with Gasteiger partial charge in [-0.25, -0.2) is 0 Å². The Kier molecular flexibility index (Phi) is 5.13. The summed E-state index contributed by atoms with van der Waals surface area (Å²) in [6.07, 6.45) is 3.40. The molecular formula is C18H21N7O. The summed E-state index contributed by atoms with van der Waals surface area (Å²) in [4.78, 5) is 11.3. The van der Waals surface area contributed by atoms with Gasteiger partial charge in [-0.3, -0.25) is 9.88 Å². The molecule has 1 aliphatic heterocycles. The molecule has 3 aromatic rings. The number of anilines is 3. The van der Waals surface area contributed by atoms with Gasteiger partial charge < -0.3 is 15.4 Å². The van der Waals surface area contributed by atoms with Gasteiger partial charge in [0.05, 0.1) is 30.6 Å². The van der Waals surface area contributed by atoms with E-state index in [0.717, 1.165) is 56.0 Å². The molecule has 3 heterocycles. The summed E-state index contributed by atoms with van der Waals surface area (Å²) in [6, 6.07) is 9.90. The zero-order valence-electron chi connectivity index (χ0n) is 14.4. The molecule has 0 saturated carbocycles. The highest BCUT2D eigenvalue weighted by atomic mass is 16.5. The zero-order chi connectivity index (χ0) is 17.6. The van der Waals surface area contributed by atoms with Gasteiger partial charge in [-0.2, -0.15) is 10.1 Å². The Balaban J connectivity index is 1.40. The molecule has 1 aromatic carbocycles. The number of para-hydroxylation sites is 1. The predicted octanol–water partition coefficient (Wildman–Crippen LogP) is 1.91. The lowest BCUT2D eigenvalue weighted by molar-refractivity contribution is 0.0398. The quantitative estimate of drug-likeness (QED) is 0.696. The van der Waals surface area contributed by atoms with Crippen molar-refractivity contribution in [2.75, 3.05) is 50.0 Å². The van der Waals surface area contributed by atoms with Gasteiger partial charge in [-0.05, 0) is 12.1 Å². The van der Waals surface area contributed by atoms with Gasteiger partial charge in [0.15, 0.2) is 5.82 Å². The minimum Gasteiger partial charge on any atom is -0.379 e. The van der Waals surface area contributed by atoms with E-state index in [1.807, 2.05) is 30.3 Å². The lowest BCUT2D eigenvalue weighted by Crippen LogP contribution is -2.39. The Morgan fingerprint density at radius 1 is 1.12 bits per heavy atom. The normalized spacial score (nSPS) is 15.1. The number of morpholine rings is 1. The van der Waals surface area contributed by atoms with Crippen molar-refractivity contribution in [1.29, 1.82) is 0 Å². The molecule has 8 nitrogen and oxygen atoms in total. The van der Waals surface area contributed by atoms with Crippen LogP contribution in [0.2, 0.25) is 0 Å². The molecule has 1 saturated heterocycles. The maximum absolute atomic E-state index is 5.36. The van der Waals surface area contributed by atoms with Crippen LogP contribution in [0.4, 0.5) is 17.5 Å². The Labute approximate surface area is 151 Å². The fourth-order valence-corrected chi connectivity index (χ4v) is 2.93. The first-order chi connectivity index (χ1) is 12.9. The van der Waals surface area contributed by atoms with E-state index in [1.165, 1.54) is 0 Å². The fourth-order valence-electron chi connectivity index (χ4n) is 2.93. The van der Waals surface area contributed by atoms with Gasteiger partial charge >= 0.3 is 0 Å². The van der Waals surface area contributed by atoms with Crippen LogP contribution in [0.1, 0.15) is 0 Å². The maximum Gasteiger partial charge on any atom is 0.249 e. The van der Waals surface area contributed by atoms with Crippen molar-refractivity contribution in [3.63, 3.8) is 0 Å². The van der Waals surface area contributed by atoms with E-state index in [9.17, 15) is 0 Å². The highest BCUT2D eigenvalue weighted by molar-refractivity contribution is 5.91. The summed E-state index contributed by atoms with van der Waals surface area (Å²) in [7, 11) is 0. The Bertz CT molecular complexity index is 862. The van der Waals surface area contributed by atoms with Crippen LogP contribution in [-0.2, 0) is 4.74 Å². The smallest absolute Gasteiger partial charge is 0.249 e. The molecule has 26 heavy (non-hydrogen) atoms. The molecule has 0 atom stereocenters. The number of benzene rings is 1. The molecule has 134 valence electrons. The minimum atomic E-state index is 0.444. The van der Waals surface area contributed by atoms with Crippen LogP contribution in [0.25, 0.3) is 10.9 Å². The lowest BCUT2D eigenvalue weighted by atomic mass is 10.2. The Hall–Kier alpha value is -2.84. The molecule has 0 amide bonds. The molecule has 0 spiro atoms. The maximum atomic E-state index is 5.36. The van der Waals surface area contributed by atoms with Crippen LogP contribution in [0.3, 0.4) is 0 Å². The first kappa shape index (κ1) is 16.6. The van der Waals surface area contributed by atoms with Gasteiger partial charge in [0, 0.05) is 37.8 Å². The number of pyridine rings is 1. The summed E-state index contributed by atoms with van der Waals surface area (Å²) in [5.74, 6) is 1.14. The van der Waals surface area contributed by atoms with Crippen molar-refractivity contribution in [3.05, 3.63) is 42.7 Å². The molecule has 2 N–H and O–H groups in total. The fraction of sp³-hybridized carbons (Fsp3) is 0.333. The number of rotatable bonds is 6. The van der Waals surface area contributed by atoms with E-state index in [4.69, 9.17) is 4.74 Å². The molecule has 1 fully saturated rings. The molecule has 0 radical (unpaired) electrons. The van der Waals surface area contributed by atoms with Crippen molar-refractivity contribution in [2.45, 2.75) is 0 Å². The highest BCUT2D eigenvalue weighted by Crippen LogP contribution is 2.23. The van der Waals surface area contributed by atoms with Crippen LogP contribution in [0.15, 0.2) is 42.7 Å². The molecule has 0 aliphatic carbocycles.